The lowest BCUT2D eigenvalue weighted by molar-refractivity contribution is -0.385. The highest BCUT2D eigenvalue weighted by atomic mass is 19.1. The number of non-ortho nitro benzene ring substituents is 1. The standard InChI is InChI=1S/C13H10FN3O6/c14-9-5-8(17(21)22)1-2-10(9)23-11-3-4-15-6-13(11,7-18)16-12(19)20/h1-5,7,16H,6H2,(H,19,20). The van der Waals surface area contributed by atoms with Gasteiger partial charge >= 0.3 is 6.09 Å². The minimum atomic E-state index is -1.80. The second-order valence-corrected chi connectivity index (χ2v) is 4.51. The van der Waals surface area contributed by atoms with Gasteiger partial charge in [-0.05, 0) is 12.1 Å². The number of nitrogens with one attached hydrogen (secondary N) is 1. The van der Waals surface area contributed by atoms with Gasteiger partial charge in [0, 0.05) is 12.3 Å². The van der Waals surface area contributed by atoms with E-state index in [4.69, 9.17) is 9.84 Å². The maximum atomic E-state index is 13.9. The average Bonchev–Trinajstić information content (AvgIpc) is 2.50. The number of nitro groups is 1. The Kier molecular flexibility index (Phi) is 4.35. The molecule has 0 bridgehead atoms. The molecule has 1 heterocycles. The summed E-state index contributed by atoms with van der Waals surface area (Å²) in [5.74, 6) is -1.62. The van der Waals surface area contributed by atoms with Gasteiger partial charge in [-0.1, -0.05) is 0 Å². The van der Waals surface area contributed by atoms with Gasteiger partial charge in [0.25, 0.3) is 5.69 Å². The molecule has 0 saturated heterocycles. The van der Waals surface area contributed by atoms with Crippen molar-refractivity contribution in [1.29, 1.82) is 0 Å². The molecule has 120 valence electrons. The number of halogens is 1. The van der Waals surface area contributed by atoms with Crippen LogP contribution < -0.4 is 10.1 Å². The summed E-state index contributed by atoms with van der Waals surface area (Å²) in [7, 11) is 0. The number of nitro benzene ring substituents is 1. The number of ether oxygens (including phenoxy) is 1. The smallest absolute Gasteiger partial charge is 0.405 e. The molecule has 2 N–H and O–H groups in total. The predicted octanol–water partition coefficient (Wildman–Crippen LogP) is 1.29. The molecule has 1 aromatic carbocycles. The van der Waals surface area contributed by atoms with Gasteiger partial charge in [-0.15, -0.1) is 0 Å². The number of benzene rings is 1. The molecule has 1 amide bonds. The highest BCUT2D eigenvalue weighted by Gasteiger charge is 2.39. The van der Waals surface area contributed by atoms with E-state index in [-0.39, 0.29) is 18.6 Å². The summed E-state index contributed by atoms with van der Waals surface area (Å²) in [5.41, 5.74) is -2.27. The molecular formula is C13H10FN3O6. The van der Waals surface area contributed by atoms with Crippen LogP contribution in [0.15, 0.2) is 35.0 Å². The fraction of sp³-hybridized carbons (Fsp3) is 0.154. The van der Waals surface area contributed by atoms with Gasteiger partial charge < -0.3 is 20.0 Å². The number of allylic oxidation sites excluding steroid dienone is 1. The Labute approximate surface area is 128 Å². The number of rotatable bonds is 5. The van der Waals surface area contributed by atoms with Crippen molar-refractivity contribution >= 4 is 24.3 Å². The molecule has 10 heteroatoms. The third kappa shape index (κ3) is 3.31. The van der Waals surface area contributed by atoms with Crippen LogP contribution >= 0.6 is 0 Å². The fourth-order valence-corrected chi connectivity index (χ4v) is 1.89. The first-order valence-corrected chi connectivity index (χ1v) is 6.18. The number of hydrogen-bond acceptors (Lipinski definition) is 6. The van der Waals surface area contributed by atoms with Crippen molar-refractivity contribution in [3.8, 4) is 5.75 Å². The van der Waals surface area contributed by atoms with E-state index < -0.39 is 33.8 Å². The van der Waals surface area contributed by atoms with Crippen LogP contribution in [0, 0.1) is 15.9 Å². The molecule has 0 radical (unpaired) electrons. The van der Waals surface area contributed by atoms with Crippen molar-refractivity contribution in [2.75, 3.05) is 6.54 Å². The molecule has 0 aromatic heterocycles. The van der Waals surface area contributed by atoms with Gasteiger partial charge in [-0.25, -0.2) is 9.18 Å². The quantitative estimate of drug-likeness (QED) is 0.477. The number of amides is 1. The Balaban J connectivity index is 2.34. The number of carbonyl (C=O) groups is 2. The van der Waals surface area contributed by atoms with Gasteiger partial charge in [0.1, 0.15) is 5.76 Å². The van der Waals surface area contributed by atoms with Crippen molar-refractivity contribution in [3.05, 3.63) is 46.0 Å². The van der Waals surface area contributed by atoms with E-state index in [2.05, 4.69) is 4.99 Å². The van der Waals surface area contributed by atoms with Gasteiger partial charge in [-0.2, -0.15) is 0 Å². The fourth-order valence-electron chi connectivity index (χ4n) is 1.89. The molecule has 0 saturated carbocycles. The van der Waals surface area contributed by atoms with Crippen LogP contribution in [-0.2, 0) is 4.79 Å². The molecule has 0 fully saturated rings. The van der Waals surface area contributed by atoms with Crippen molar-refractivity contribution in [1.82, 2.24) is 5.32 Å². The number of aliphatic imine (C=N–C) groups is 1. The van der Waals surface area contributed by atoms with E-state index >= 15 is 0 Å². The van der Waals surface area contributed by atoms with Crippen LogP contribution in [-0.4, -0.2) is 40.7 Å². The molecule has 0 aliphatic carbocycles. The first kappa shape index (κ1) is 16.1. The molecule has 23 heavy (non-hydrogen) atoms. The Morgan fingerprint density at radius 3 is 2.87 bits per heavy atom. The number of hydrogen-bond donors (Lipinski definition) is 2. The van der Waals surface area contributed by atoms with Crippen LogP contribution in [0.2, 0.25) is 0 Å². The molecular weight excluding hydrogens is 313 g/mol. The summed E-state index contributed by atoms with van der Waals surface area (Å²) in [6.45, 7) is -0.261. The summed E-state index contributed by atoms with van der Waals surface area (Å²) >= 11 is 0. The maximum Gasteiger partial charge on any atom is 0.405 e. The Hall–Kier alpha value is -3.30. The second kappa shape index (κ2) is 6.22. The zero-order valence-corrected chi connectivity index (χ0v) is 11.4. The second-order valence-electron chi connectivity index (χ2n) is 4.51. The largest absolute Gasteiger partial charge is 0.465 e. The molecule has 1 atom stereocenters. The van der Waals surface area contributed by atoms with Crippen molar-refractivity contribution in [3.63, 3.8) is 0 Å². The predicted molar refractivity (Wildman–Crippen MR) is 75.1 cm³/mol. The van der Waals surface area contributed by atoms with E-state index in [0.717, 1.165) is 12.1 Å². The number of carbonyl (C=O) groups excluding carboxylic acids is 1. The summed E-state index contributed by atoms with van der Waals surface area (Å²) in [6, 6.07) is 2.68. The molecule has 1 aliphatic heterocycles. The Morgan fingerprint density at radius 2 is 2.30 bits per heavy atom. The number of aldehydes is 1. The van der Waals surface area contributed by atoms with E-state index in [1.807, 2.05) is 5.32 Å². The normalized spacial score (nSPS) is 19.6. The Bertz CT molecular complexity index is 732. The van der Waals surface area contributed by atoms with Crippen LogP contribution in [0.1, 0.15) is 0 Å². The number of carboxylic acid groups (broad SMARTS) is 1. The Morgan fingerprint density at radius 1 is 1.57 bits per heavy atom. The summed E-state index contributed by atoms with van der Waals surface area (Å²) in [4.78, 5) is 35.8. The molecule has 1 aliphatic rings. The average molecular weight is 323 g/mol. The monoisotopic (exact) mass is 323 g/mol. The van der Waals surface area contributed by atoms with Crippen LogP contribution in [0.3, 0.4) is 0 Å². The zero-order valence-electron chi connectivity index (χ0n) is 11.4. The summed E-state index contributed by atoms with van der Waals surface area (Å²) < 4.78 is 19.1. The van der Waals surface area contributed by atoms with Crippen LogP contribution in [0.4, 0.5) is 14.9 Å². The summed E-state index contributed by atoms with van der Waals surface area (Å²) in [6.07, 6.45) is 1.26. The number of nitrogens with zero attached hydrogens (tertiary/aromatic N) is 2. The van der Waals surface area contributed by atoms with E-state index in [1.54, 1.807) is 0 Å². The van der Waals surface area contributed by atoms with Gasteiger partial charge in [0.15, 0.2) is 23.4 Å². The SMILES string of the molecule is O=CC1(NC(=O)O)CN=CC=C1Oc1ccc([N+](=O)[O-])cc1F. The maximum absolute atomic E-state index is 13.9. The van der Waals surface area contributed by atoms with Crippen molar-refractivity contribution in [2.24, 2.45) is 4.99 Å². The highest BCUT2D eigenvalue weighted by Crippen LogP contribution is 2.28. The third-order valence-corrected chi connectivity index (χ3v) is 2.99. The molecule has 1 unspecified atom stereocenters. The van der Waals surface area contributed by atoms with E-state index in [0.29, 0.717) is 6.07 Å². The van der Waals surface area contributed by atoms with Gasteiger partial charge in [0.2, 0.25) is 0 Å². The highest BCUT2D eigenvalue weighted by molar-refractivity contribution is 5.84. The van der Waals surface area contributed by atoms with E-state index in [1.165, 1.54) is 12.3 Å². The first-order chi connectivity index (χ1) is 10.9. The minimum absolute atomic E-state index is 0.197. The molecule has 1 aromatic rings. The lowest BCUT2D eigenvalue weighted by atomic mass is 9.97. The van der Waals surface area contributed by atoms with E-state index in [9.17, 15) is 24.1 Å². The van der Waals surface area contributed by atoms with Crippen molar-refractivity contribution in [2.45, 2.75) is 5.54 Å². The van der Waals surface area contributed by atoms with Crippen LogP contribution in [0.25, 0.3) is 0 Å². The minimum Gasteiger partial charge on any atom is -0.465 e. The molecule has 0 spiro atoms. The zero-order chi connectivity index (χ0) is 17.0. The third-order valence-electron chi connectivity index (χ3n) is 2.99. The molecule has 9 nitrogen and oxygen atoms in total. The van der Waals surface area contributed by atoms with Gasteiger partial charge in [0.05, 0.1) is 17.5 Å². The topological polar surface area (TPSA) is 131 Å². The van der Waals surface area contributed by atoms with Crippen LogP contribution in [0.5, 0.6) is 5.75 Å². The lowest BCUT2D eigenvalue weighted by Crippen LogP contribution is -2.55. The van der Waals surface area contributed by atoms with Crippen molar-refractivity contribution < 1.29 is 28.7 Å². The summed E-state index contributed by atoms with van der Waals surface area (Å²) in [5, 5.41) is 21.4. The lowest BCUT2D eigenvalue weighted by Gasteiger charge is -2.30. The molecule has 2 rings (SSSR count). The first-order valence-electron chi connectivity index (χ1n) is 6.18. The van der Waals surface area contributed by atoms with Gasteiger partial charge in [-0.3, -0.25) is 15.1 Å². The number of dihydropyridines is 1.